The minimum Gasteiger partial charge on any atom is -0.366 e. The number of aryl methyl sites for hydroxylation is 1. The number of nitrogens with one attached hydrogen (secondary N) is 1. The molecule has 1 saturated heterocycles. The number of benzene rings is 2. The van der Waals surface area contributed by atoms with Gasteiger partial charge in [-0.3, -0.25) is 19.5 Å². The predicted molar refractivity (Wildman–Crippen MR) is 125 cm³/mol. The van der Waals surface area contributed by atoms with E-state index in [4.69, 9.17) is 5.73 Å². The van der Waals surface area contributed by atoms with E-state index in [1.165, 1.54) is 4.31 Å². The minimum absolute atomic E-state index is 0.139. The second-order valence-corrected chi connectivity index (χ2v) is 9.92. The molecule has 1 aromatic heterocycles. The normalized spacial score (nSPS) is 15.4. The van der Waals surface area contributed by atoms with Crippen LogP contribution in [-0.4, -0.2) is 67.1 Å². The van der Waals surface area contributed by atoms with Gasteiger partial charge >= 0.3 is 0 Å². The molecule has 0 spiro atoms. The number of primary amides is 1. The van der Waals surface area contributed by atoms with Crippen molar-refractivity contribution < 1.29 is 18.0 Å². The summed E-state index contributed by atoms with van der Waals surface area (Å²) in [7, 11) is -3.71. The average molecular weight is 468 g/mol. The lowest BCUT2D eigenvalue weighted by Gasteiger charge is -2.33. The number of sulfonamides is 1. The third-order valence-corrected chi connectivity index (χ3v) is 7.51. The zero-order valence-corrected chi connectivity index (χ0v) is 19.0. The maximum atomic E-state index is 13.3. The molecule has 33 heavy (non-hydrogen) atoms. The highest BCUT2D eigenvalue weighted by Gasteiger charge is 2.30. The number of fused-ring (bicyclic) bond motifs is 1. The Balaban J connectivity index is 1.37. The summed E-state index contributed by atoms with van der Waals surface area (Å²) in [5.41, 5.74) is 7.57. The molecule has 2 aromatic carbocycles. The monoisotopic (exact) mass is 467 g/mol. The van der Waals surface area contributed by atoms with Gasteiger partial charge in [0.1, 0.15) is 4.90 Å². The third-order valence-electron chi connectivity index (χ3n) is 5.58. The Morgan fingerprint density at radius 3 is 2.42 bits per heavy atom. The molecule has 3 aromatic rings. The Bertz CT molecular complexity index is 1300. The van der Waals surface area contributed by atoms with Crippen LogP contribution in [0.25, 0.3) is 10.9 Å². The Hall–Kier alpha value is -3.34. The van der Waals surface area contributed by atoms with E-state index in [1.807, 2.05) is 24.0 Å². The van der Waals surface area contributed by atoms with E-state index in [0.717, 1.165) is 10.9 Å². The molecule has 2 amide bonds. The number of aromatic nitrogens is 1. The largest absolute Gasteiger partial charge is 0.366 e. The smallest absolute Gasteiger partial charge is 0.248 e. The molecule has 0 aliphatic carbocycles. The number of anilines is 1. The number of pyridine rings is 1. The lowest BCUT2D eigenvalue weighted by molar-refractivity contribution is -0.117. The van der Waals surface area contributed by atoms with E-state index in [-0.39, 0.29) is 30.4 Å². The van der Waals surface area contributed by atoms with Crippen molar-refractivity contribution in [3.63, 3.8) is 0 Å². The van der Waals surface area contributed by atoms with Crippen LogP contribution in [0.5, 0.6) is 0 Å². The summed E-state index contributed by atoms with van der Waals surface area (Å²) in [5, 5.41) is 3.56. The first-order valence-corrected chi connectivity index (χ1v) is 12.0. The van der Waals surface area contributed by atoms with Crippen LogP contribution >= 0.6 is 0 Å². The number of hydrogen-bond donors (Lipinski definition) is 2. The lowest BCUT2D eigenvalue weighted by atomic mass is 10.2. The molecule has 1 aliphatic heterocycles. The minimum atomic E-state index is -3.71. The van der Waals surface area contributed by atoms with Gasteiger partial charge in [0.25, 0.3) is 0 Å². The van der Waals surface area contributed by atoms with Crippen LogP contribution in [0.4, 0.5) is 5.69 Å². The highest BCUT2D eigenvalue weighted by atomic mass is 32.2. The van der Waals surface area contributed by atoms with Crippen molar-refractivity contribution in [3.05, 3.63) is 65.9 Å². The molecule has 0 radical (unpaired) electrons. The lowest BCUT2D eigenvalue weighted by Crippen LogP contribution is -2.50. The standard InChI is InChI=1S/C23H25N5O4S/c1-16-13-18-3-2-4-20(22(18)25-14-16)33(31,32)28-11-9-27(10-12-28)15-21(29)26-19-7-5-17(6-8-19)23(24)30/h2-8,13-14H,9-12,15H2,1H3,(H2,24,30)(H,26,29). The molecule has 172 valence electrons. The van der Waals surface area contributed by atoms with Gasteiger partial charge in [0.05, 0.1) is 12.1 Å². The topological polar surface area (TPSA) is 126 Å². The molecule has 2 heterocycles. The van der Waals surface area contributed by atoms with E-state index < -0.39 is 15.9 Å². The van der Waals surface area contributed by atoms with E-state index in [9.17, 15) is 18.0 Å². The summed E-state index contributed by atoms with van der Waals surface area (Å²) < 4.78 is 28.0. The second-order valence-electron chi connectivity index (χ2n) is 8.01. The fourth-order valence-corrected chi connectivity index (χ4v) is 5.43. The highest BCUT2D eigenvalue weighted by Crippen LogP contribution is 2.25. The Morgan fingerprint density at radius 2 is 1.76 bits per heavy atom. The summed E-state index contributed by atoms with van der Waals surface area (Å²) >= 11 is 0. The molecule has 1 fully saturated rings. The zero-order chi connectivity index (χ0) is 23.6. The molecular formula is C23H25N5O4S. The fourth-order valence-electron chi connectivity index (χ4n) is 3.84. The van der Waals surface area contributed by atoms with Crippen molar-refractivity contribution in [2.45, 2.75) is 11.8 Å². The SMILES string of the molecule is Cc1cnc2c(S(=O)(=O)N3CCN(CC(=O)Nc4ccc(C(N)=O)cc4)CC3)cccc2c1. The van der Waals surface area contributed by atoms with Crippen molar-refractivity contribution in [1.29, 1.82) is 0 Å². The fraction of sp³-hybridized carbons (Fsp3) is 0.261. The number of piperazine rings is 1. The van der Waals surface area contributed by atoms with Crippen LogP contribution in [-0.2, 0) is 14.8 Å². The van der Waals surface area contributed by atoms with Crippen LogP contribution in [0.1, 0.15) is 15.9 Å². The van der Waals surface area contributed by atoms with Gasteiger partial charge in [-0.25, -0.2) is 8.42 Å². The molecule has 0 atom stereocenters. The van der Waals surface area contributed by atoms with Crippen molar-refractivity contribution in [3.8, 4) is 0 Å². The van der Waals surface area contributed by atoms with Gasteiger partial charge in [-0.05, 0) is 48.9 Å². The molecule has 9 nitrogen and oxygen atoms in total. The number of carbonyl (C=O) groups is 2. The summed E-state index contributed by atoms with van der Waals surface area (Å²) in [6.07, 6.45) is 1.67. The van der Waals surface area contributed by atoms with Gasteiger partial charge in [0.15, 0.2) is 0 Å². The number of rotatable bonds is 6. The van der Waals surface area contributed by atoms with E-state index in [2.05, 4.69) is 10.3 Å². The predicted octanol–water partition coefficient (Wildman–Crippen LogP) is 1.59. The van der Waals surface area contributed by atoms with Gasteiger partial charge in [-0.1, -0.05) is 12.1 Å². The Kier molecular flexibility index (Phi) is 6.41. The molecule has 4 rings (SSSR count). The van der Waals surface area contributed by atoms with Gasteiger partial charge < -0.3 is 11.1 Å². The number of para-hydroxylation sites is 1. The van der Waals surface area contributed by atoms with Gasteiger partial charge in [0, 0.05) is 49.0 Å². The molecule has 3 N–H and O–H groups in total. The highest BCUT2D eigenvalue weighted by molar-refractivity contribution is 7.89. The van der Waals surface area contributed by atoms with Crippen LogP contribution in [0, 0.1) is 6.92 Å². The van der Waals surface area contributed by atoms with Crippen molar-refractivity contribution in [2.24, 2.45) is 5.73 Å². The first kappa shape index (κ1) is 22.8. The number of nitrogens with two attached hydrogens (primary N) is 1. The first-order chi connectivity index (χ1) is 15.7. The van der Waals surface area contributed by atoms with Crippen molar-refractivity contribution in [2.75, 3.05) is 38.0 Å². The summed E-state index contributed by atoms with van der Waals surface area (Å²) in [6, 6.07) is 13.4. The quantitative estimate of drug-likeness (QED) is 0.567. The van der Waals surface area contributed by atoms with Crippen LogP contribution in [0.15, 0.2) is 59.6 Å². The molecule has 0 unspecified atom stereocenters. The summed E-state index contributed by atoms with van der Waals surface area (Å²) in [4.78, 5) is 30.0. The average Bonchev–Trinajstić information content (AvgIpc) is 2.79. The van der Waals surface area contributed by atoms with E-state index in [0.29, 0.717) is 29.9 Å². The van der Waals surface area contributed by atoms with Crippen molar-refractivity contribution in [1.82, 2.24) is 14.2 Å². The third kappa shape index (κ3) is 5.03. The van der Waals surface area contributed by atoms with Crippen molar-refractivity contribution >= 4 is 38.4 Å². The Labute approximate surface area is 192 Å². The number of hydrogen-bond acceptors (Lipinski definition) is 6. The molecule has 0 saturated carbocycles. The molecular weight excluding hydrogens is 442 g/mol. The maximum Gasteiger partial charge on any atom is 0.248 e. The first-order valence-electron chi connectivity index (χ1n) is 10.5. The number of nitrogens with zero attached hydrogens (tertiary/aromatic N) is 3. The molecule has 0 bridgehead atoms. The molecule has 10 heteroatoms. The van der Waals surface area contributed by atoms with Gasteiger partial charge in [0.2, 0.25) is 21.8 Å². The number of amides is 2. The van der Waals surface area contributed by atoms with Crippen LogP contribution < -0.4 is 11.1 Å². The zero-order valence-electron chi connectivity index (χ0n) is 18.2. The van der Waals surface area contributed by atoms with Gasteiger partial charge in [-0.15, -0.1) is 0 Å². The van der Waals surface area contributed by atoms with Crippen LogP contribution in [0.3, 0.4) is 0 Å². The molecule has 1 aliphatic rings. The summed E-state index contributed by atoms with van der Waals surface area (Å²) in [6.45, 7) is 3.49. The maximum absolute atomic E-state index is 13.3. The number of carbonyl (C=O) groups excluding carboxylic acids is 2. The Morgan fingerprint density at radius 1 is 1.06 bits per heavy atom. The van der Waals surface area contributed by atoms with E-state index in [1.54, 1.807) is 42.6 Å². The summed E-state index contributed by atoms with van der Waals surface area (Å²) in [5.74, 6) is -0.748. The second kappa shape index (κ2) is 9.26. The van der Waals surface area contributed by atoms with Crippen LogP contribution in [0.2, 0.25) is 0 Å². The van der Waals surface area contributed by atoms with E-state index >= 15 is 0 Å². The van der Waals surface area contributed by atoms with Gasteiger partial charge in [-0.2, -0.15) is 4.31 Å².